The van der Waals surface area contributed by atoms with Crippen molar-refractivity contribution in [2.45, 2.75) is 9.79 Å². The molecule has 0 fully saturated rings. The van der Waals surface area contributed by atoms with Gasteiger partial charge in [0.1, 0.15) is 11.5 Å². The highest BCUT2D eigenvalue weighted by molar-refractivity contribution is 8.14. The fourth-order valence-corrected chi connectivity index (χ4v) is 5.16. The summed E-state index contributed by atoms with van der Waals surface area (Å²) in [6, 6.07) is 20.1. The number of sulfonamides is 1. The molecule has 0 aliphatic carbocycles. The fraction of sp³-hybridized carbons (Fsp3) is 0.100. The van der Waals surface area contributed by atoms with Gasteiger partial charge < -0.3 is 9.47 Å². The number of methoxy groups -OCH3 is 2. The second-order valence-electron chi connectivity index (χ2n) is 5.65. The molecule has 0 atom stereocenters. The quantitative estimate of drug-likeness (QED) is 0.474. The average molecular weight is 436 g/mol. The summed E-state index contributed by atoms with van der Waals surface area (Å²) >= 11 is 7.04. The third kappa shape index (κ3) is 4.55. The summed E-state index contributed by atoms with van der Waals surface area (Å²) in [7, 11) is -0.750. The summed E-state index contributed by atoms with van der Waals surface area (Å²) in [5.41, 5.74) is 0.497. The molecule has 3 aromatic carbocycles. The van der Waals surface area contributed by atoms with Gasteiger partial charge in [-0.3, -0.25) is 0 Å². The highest BCUT2D eigenvalue weighted by Crippen LogP contribution is 2.36. The van der Waals surface area contributed by atoms with E-state index in [9.17, 15) is 8.42 Å². The number of hydrogen-bond acceptors (Lipinski definition) is 5. The van der Waals surface area contributed by atoms with Gasteiger partial charge in [0.05, 0.1) is 24.8 Å². The second kappa shape index (κ2) is 8.77. The van der Waals surface area contributed by atoms with Gasteiger partial charge in [-0.2, -0.15) is 0 Å². The SMILES string of the molecule is COc1ccc(N(Sc2ccc(Cl)cc2)S(=O)(=O)c2ccc(OC)cc2)cc1. The zero-order valence-corrected chi connectivity index (χ0v) is 17.6. The zero-order chi connectivity index (χ0) is 20.1. The maximum atomic E-state index is 13.4. The van der Waals surface area contributed by atoms with Crippen molar-refractivity contribution in [1.29, 1.82) is 0 Å². The van der Waals surface area contributed by atoms with Crippen molar-refractivity contribution in [3.63, 3.8) is 0 Å². The lowest BCUT2D eigenvalue weighted by molar-refractivity contribution is 0.414. The number of benzene rings is 3. The summed E-state index contributed by atoms with van der Waals surface area (Å²) < 4.78 is 38.3. The molecule has 0 amide bonds. The van der Waals surface area contributed by atoms with Gasteiger partial charge in [-0.15, -0.1) is 0 Å². The van der Waals surface area contributed by atoms with Crippen molar-refractivity contribution in [2.24, 2.45) is 0 Å². The van der Waals surface area contributed by atoms with E-state index in [0.717, 1.165) is 16.8 Å². The third-order valence-corrected chi connectivity index (χ3v) is 7.30. The predicted octanol–water partition coefficient (Wildman–Crippen LogP) is 5.26. The molecule has 5 nitrogen and oxygen atoms in total. The highest BCUT2D eigenvalue weighted by Gasteiger charge is 2.26. The Hall–Kier alpha value is -2.35. The molecule has 28 heavy (non-hydrogen) atoms. The van der Waals surface area contributed by atoms with Crippen LogP contribution in [0, 0.1) is 0 Å². The molecule has 0 saturated carbocycles. The monoisotopic (exact) mass is 435 g/mol. The van der Waals surface area contributed by atoms with Crippen LogP contribution in [0.3, 0.4) is 0 Å². The molecule has 146 valence electrons. The summed E-state index contributed by atoms with van der Waals surface area (Å²) in [6.07, 6.45) is 0. The Morgan fingerprint density at radius 1 is 0.786 bits per heavy atom. The van der Waals surface area contributed by atoms with Crippen molar-refractivity contribution in [1.82, 2.24) is 0 Å². The van der Waals surface area contributed by atoms with E-state index in [2.05, 4.69) is 0 Å². The predicted molar refractivity (Wildman–Crippen MR) is 113 cm³/mol. The number of ether oxygens (including phenoxy) is 2. The molecule has 0 bridgehead atoms. The molecule has 0 aliphatic rings. The van der Waals surface area contributed by atoms with Gasteiger partial charge in [-0.1, -0.05) is 11.6 Å². The molecular formula is C20H18ClNO4S2. The van der Waals surface area contributed by atoms with Gasteiger partial charge in [-0.25, -0.2) is 12.1 Å². The van der Waals surface area contributed by atoms with Gasteiger partial charge in [0, 0.05) is 21.9 Å². The summed E-state index contributed by atoms with van der Waals surface area (Å²) in [5, 5.41) is 0.582. The number of hydrogen-bond donors (Lipinski definition) is 0. The van der Waals surface area contributed by atoms with Crippen molar-refractivity contribution >= 4 is 39.3 Å². The van der Waals surface area contributed by atoms with E-state index in [0.29, 0.717) is 22.2 Å². The van der Waals surface area contributed by atoms with Crippen molar-refractivity contribution in [2.75, 3.05) is 17.9 Å². The van der Waals surface area contributed by atoms with Gasteiger partial charge in [0.25, 0.3) is 10.0 Å². The molecule has 0 saturated heterocycles. The van der Waals surface area contributed by atoms with Gasteiger partial charge in [0.2, 0.25) is 0 Å². The molecule has 0 aliphatic heterocycles. The van der Waals surface area contributed by atoms with E-state index in [1.807, 2.05) is 0 Å². The van der Waals surface area contributed by atoms with E-state index in [1.54, 1.807) is 67.8 Å². The average Bonchev–Trinajstić information content (AvgIpc) is 2.73. The first-order chi connectivity index (χ1) is 13.4. The lowest BCUT2D eigenvalue weighted by atomic mass is 10.3. The largest absolute Gasteiger partial charge is 0.497 e. The minimum atomic E-state index is -3.84. The van der Waals surface area contributed by atoms with Gasteiger partial charge >= 0.3 is 0 Å². The summed E-state index contributed by atoms with van der Waals surface area (Å²) in [6.45, 7) is 0. The summed E-state index contributed by atoms with van der Waals surface area (Å²) in [4.78, 5) is 0.892. The number of anilines is 1. The first-order valence-corrected chi connectivity index (χ1v) is 10.8. The van der Waals surface area contributed by atoms with Crippen LogP contribution in [-0.4, -0.2) is 22.6 Å². The van der Waals surface area contributed by atoms with Crippen molar-refractivity contribution < 1.29 is 17.9 Å². The van der Waals surface area contributed by atoms with Crippen LogP contribution in [0.2, 0.25) is 5.02 Å². The lowest BCUT2D eigenvalue weighted by Crippen LogP contribution is -2.24. The maximum absolute atomic E-state index is 13.4. The molecule has 0 N–H and O–H groups in total. The van der Waals surface area contributed by atoms with E-state index < -0.39 is 10.0 Å². The molecular weight excluding hydrogens is 418 g/mol. The van der Waals surface area contributed by atoms with Crippen molar-refractivity contribution in [3.05, 3.63) is 77.8 Å². The molecule has 0 unspecified atom stereocenters. The molecule has 0 radical (unpaired) electrons. The van der Waals surface area contributed by atoms with Crippen LogP contribution in [0.15, 0.2) is 82.6 Å². The van der Waals surface area contributed by atoms with E-state index in [1.165, 1.54) is 23.0 Å². The molecule has 0 aromatic heterocycles. The molecule has 0 spiro atoms. The van der Waals surface area contributed by atoms with Crippen LogP contribution in [0.25, 0.3) is 0 Å². The molecule has 8 heteroatoms. The molecule has 3 aromatic rings. The zero-order valence-electron chi connectivity index (χ0n) is 15.2. The van der Waals surface area contributed by atoms with Crippen LogP contribution in [0.1, 0.15) is 0 Å². The van der Waals surface area contributed by atoms with Crippen LogP contribution in [0.4, 0.5) is 5.69 Å². The second-order valence-corrected chi connectivity index (χ2v) is 9.12. The number of halogens is 1. The fourth-order valence-electron chi connectivity index (χ4n) is 2.38. The Morgan fingerprint density at radius 3 is 1.79 bits per heavy atom. The topological polar surface area (TPSA) is 55.8 Å². The van der Waals surface area contributed by atoms with Crippen LogP contribution < -0.4 is 13.2 Å². The lowest BCUT2D eigenvalue weighted by Gasteiger charge is -2.23. The van der Waals surface area contributed by atoms with Crippen molar-refractivity contribution in [3.8, 4) is 11.5 Å². The third-order valence-electron chi connectivity index (χ3n) is 3.86. The first kappa shape index (κ1) is 20.4. The minimum Gasteiger partial charge on any atom is -0.497 e. The van der Waals surface area contributed by atoms with Crippen LogP contribution >= 0.6 is 23.5 Å². The Bertz CT molecular complexity index is 1020. The number of nitrogens with zero attached hydrogens (tertiary/aromatic N) is 1. The van der Waals surface area contributed by atoms with Gasteiger partial charge in [0.15, 0.2) is 0 Å². The smallest absolute Gasteiger partial charge is 0.274 e. The van der Waals surface area contributed by atoms with E-state index in [-0.39, 0.29) is 4.90 Å². The van der Waals surface area contributed by atoms with Crippen LogP contribution in [0.5, 0.6) is 11.5 Å². The minimum absolute atomic E-state index is 0.158. The molecule has 3 rings (SSSR count). The summed E-state index contributed by atoms with van der Waals surface area (Å²) in [5.74, 6) is 1.22. The number of rotatable bonds is 7. The van der Waals surface area contributed by atoms with Gasteiger partial charge in [-0.05, 0) is 72.8 Å². The van der Waals surface area contributed by atoms with E-state index >= 15 is 0 Å². The highest BCUT2D eigenvalue weighted by atomic mass is 35.5. The Morgan fingerprint density at radius 2 is 1.29 bits per heavy atom. The Kier molecular flexibility index (Phi) is 6.39. The Labute approximate surface area is 174 Å². The Balaban J connectivity index is 2.03. The first-order valence-electron chi connectivity index (χ1n) is 8.21. The molecule has 0 heterocycles. The maximum Gasteiger partial charge on any atom is 0.274 e. The standard InChI is InChI=1S/C20H18ClNO4S2/c1-25-17-7-5-16(6-8-17)22(27-19-11-3-15(21)4-12-19)28(23,24)20-13-9-18(26-2)10-14-20/h3-14H,1-2H3. The normalized spacial score (nSPS) is 11.1. The van der Waals surface area contributed by atoms with Crippen LogP contribution in [-0.2, 0) is 10.0 Å². The van der Waals surface area contributed by atoms with E-state index in [4.69, 9.17) is 21.1 Å².